The van der Waals surface area contributed by atoms with Crippen LogP contribution in [-0.4, -0.2) is 55.0 Å². The molecule has 0 atom stereocenters. The van der Waals surface area contributed by atoms with Gasteiger partial charge in [-0.05, 0) is 56.1 Å². The van der Waals surface area contributed by atoms with E-state index >= 15 is 0 Å². The minimum atomic E-state index is -0.455. The fourth-order valence-electron chi connectivity index (χ4n) is 2.70. The minimum absolute atomic E-state index is 0.0102. The van der Waals surface area contributed by atoms with Crippen LogP contribution in [0.3, 0.4) is 0 Å². The molecule has 0 saturated carbocycles. The van der Waals surface area contributed by atoms with Crippen molar-refractivity contribution >= 4 is 44.4 Å². The Kier molecular flexibility index (Phi) is 6.76. The maximum absolute atomic E-state index is 13.0. The van der Waals surface area contributed by atoms with Crippen LogP contribution in [0.2, 0.25) is 0 Å². The molecule has 0 unspecified atom stereocenters. The molecular formula is C21H22N4O4S. The molecule has 0 saturated heterocycles. The lowest BCUT2D eigenvalue weighted by molar-refractivity contribution is -0.384. The first-order valence-corrected chi connectivity index (χ1v) is 10.0. The Bertz CT molecular complexity index is 1080. The second-order valence-electron chi connectivity index (χ2n) is 6.81. The van der Waals surface area contributed by atoms with Gasteiger partial charge in [0.15, 0.2) is 5.13 Å². The van der Waals surface area contributed by atoms with Gasteiger partial charge in [-0.2, -0.15) is 0 Å². The summed E-state index contributed by atoms with van der Waals surface area (Å²) in [7, 11) is 5.50. The van der Waals surface area contributed by atoms with Crippen molar-refractivity contribution in [3.63, 3.8) is 0 Å². The molecule has 0 bridgehead atoms. The highest BCUT2D eigenvalue weighted by atomic mass is 32.1. The molecule has 0 aliphatic carbocycles. The Balaban J connectivity index is 1.85. The number of anilines is 1. The average molecular weight is 426 g/mol. The number of rotatable bonds is 8. The zero-order valence-electron chi connectivity index (χ0n) is 16.9. The van der Waals surface area contributed by atoms with Gasteiger partial charge in [-0.15, -0.1) is 0 Å². The molecule has 1 amide bonds. The van der Waals surface area contributed by atoms with Crippen LogP contribution in [0.1, 0.15) is 5.56 Å². The monoisotopic (exact) mass is 426 g/mol. The van der Waals surface area contributed by atoms with Crippen LogP contribution in [0, 0.1) is 10.1 Å². The van der Waals surface area contributed by atoms with E-state index < -0.39 is 4.92 Å². The van der Waals surface area contributed by atoms with Gasteiger partial charge >= 0.3 is 0 Å². The first-order chi connectivity index (χ1) is 14.4. The summed E-state index contributed by atoms with van der Waals surface area (Å²) < 4.78 is 6.20. The number of thiazole rings is 1. The van der Waals surface area contributed by atoms with Crippen LogP contribution in [0.5, 0.6) is 5.75 Å². The van der Waals surface area contributed by atoms with Gasteiger partial charge in [0.2, 0.25) is 0 Å². The molecule has 0 aliphatic rings. The van der Waals surface area contributed by atoms with E-state index in [-0.39, 0.29) is 11.6 Å². The lowest BCUT2D eigenvalue weighted by Gasteiger charge is -2.20. The number of benzene rings is 2. The zero-order chi connectivity index (χ0) is 21.7. The van der Waals surface area contributed by atoms with Crippen molar-refractivity contribution in [2.45, 2.75) is 0 Å². The number of non-ortho nitro benzene ring substituents is 1. The molecule has 156 valence electrons. The third-order valence-electron chi connectivity index (χ3n) is 4.37. The third-order valence-corrected chi connectivity index (χ3v) is 5.42. The fourth-order valence-corrected chi connectivity index (χ4v) is 3.73. The molecule has 0 aliphatic heterocycles. The highest BCUT2D eigenvalue weighted by Gasteiger charge is 2.18. The second-order valence-corrected chi connectivity index (χ2v) is 7.81. The van der Waals surface area contributed by atoms with E-state index in [9.17, 15) is 14.9 Å². The number of ether oxygens (including phenoxy) is 1. The van der Waals surface area contributed by atoms with Crippen molar-refractivity contribution in [1.29, 1.82) is 0 Å². The summed E-state index contributed by atoms with van der Waals surface area (Å²) in [6.45, 7) is 1.16. The number of aromatic nitrogens is 1. The number of amides is 1. The molecular weight excluding hydrogens is 404 g/mol. The first kappa shape index (κ1) is 21.4. The predicted molar refractivity (Wildman–Crippen MR) is 119 cm³/mol. The number of likely N-dealkylation sites (N-methyl/N-ethyl adjacent to an activating group) is 1. The van der Waals surface area contributed by atoms with Crippen LogP contribution in [0.25, 0.3) is 16.3 Å². The molecule has 3 aromatic rings. The third kappa shape index (κ3) is 5.19. The number of carbonyl (C=O) groups excluding carboxylic acids is 1. The topological polar surface area (TPSA) is 88.8 Å². The van der Waals surface area contributed by atoms with Crippen molar-refractivity contribution in [2.75, 3.05) is 39.2 Å². The molecule has 3 rings (SSSR count). The molecule has 2 aromatic carbocycles. The van der Waals surface area contributed by atoms with E-state index in [1.807, 2.05) is 37.2 Å². The van der Waals surface area contributed by atoms with Gasteiger partial charge in [-0.3, -0.25) is 19.8 Å². The van der Waals surface area contributed by atoms with Crippen LogP contribution < -0.4 is 9.64 Å². The largest absolute Gasteiger partial charge is 0.497 e. The molecule has 1 heterocycles. The Hall–Kier alpha value is -3.30. The molecule has 0 spiro atoms. The Morgan fingerprint density at radius 1 is 1.20 bits per heavy atom. The van der Waals surface area contributed by atoms with Gasteiger partial charge in [-0.25, -0.2) is 4.98 Å². The maximum Gasteiger partial charge on any atom is 0.269 e. The highest BCUT2D eigenvalue weighted by molar-refractivity contribution is 7.22. The normalized spacial score (nSPS) is 11.3. The van der Waals surface area contributed by atoms with Crippen molar-refractivity contribution in [2.24, 2.45) is 0 Å². The van der Waals surface area contributed by atoms with Gasteiger partial charge in [0, 0.05) is 31.3 Å². The Labute approximate surface area is 178 Å². The molecule has 0 fully saturated rings. The summed E-state index contributed by atoms with van der Waals surface area (Å²) in [5.74, 6) is 0.531. The van der Waals surface area contributed by atoms with Crippen LogP contribution >= 0.6 is 11.3 Å². The number of methoxy groups -OCH3 is 1. The van der Waals surface area contributed by atoms with E-state index in [1.54, 1.807) is 30.2 Å². The van der Waals surface area contributed by atoms with Gasteiger partial charge in [0.05, 0.1) is 22.2 Å². The summed E-state index contributed by atoms with van der Waals surface area (Å²) in [4.78, 5) is 31.5. The number of carbonyl (C=O) groups is 1. The molecule has 1 aromatic heterocycles. The fraction of sp³-hybridized carbons (Fsp3) is 0.238. The number of nitro benzene ring substituents is 1. The molecule has 30 heavy (non-hydrogen) atoms. The van der Waals surface area contributed by atoms with Crippen LogP contribution in [0.4, 0.5) is 10.8 Å². The quantitative estimate of drug-likeness (QED) is 0.309. The SMILES string of the molecule is COc1ccc2nc(N(CCN(C)C)C(=O)C=Cc3ccc([N+](=O)[O-])cc3)sc2c1. The second kappa shape index (κ2) is 9.47. The summed E-state index contributed by atoms with van der Waals surface area (Å²) >= 11 is 1.43. The van der Waals surface area contributed by atoms with Crippen molar-refractivity contribution in [3.8, 4) is 5.75 Å². The van der Waals surface area contributed by atoms with E-state index in [0.29, 0.717) is 23.8 Å². The van der Waals surface area contributed by atoms with Gasteiger partial charge in [-0.1, -0.05) is 11.3 Å². The van der Waals surface area contributed by atoms with E-state index in [2.05, 4.69) is 4.98 Å². The molecule has 9 heteroatoms. The average Bonchev–Trinajstić information content (AvgIpc) is 3.15. The van der Waals surface area contributed by atoms with Gasteiger partial charge in [0.1, 0.15) is 5.75 Å². The van der Waals surface area contributed by atoms with E-state index in [0.717, 1.165) is 16.0 Å². The van der Waals surface area contributed by atoms with E-state index in [4.69, 9.17) is 4.74 Å². The molecule has 0 N–H and O–H groups in total. The standard InChI is InChI=1S/C21H22N4O4S/c1-23(2)12-13-24(21-22-18-10-9-17(29-3)14-19(18)30-21)20(26)11-6-15-4-7-16(8-5-15)25(27)28/h4-11,14H,12-13H2,1-3H3. The number of hydrogen-bond acceptors (Lipinski definition) is 7. The van der Waals surface area contributed by atoms with Crippen molar-refractivity contribution in [3.05, 3.63) is 64.2 Å². The zero-order valence-corrected chi connectivity index (χ0v) is 17.8. The molecule has 8 nitrogen and oxygen atoms in total. The number of nitrogens with zero attached hydrogens (tertiary/aromatic N) is 4. The smallest absolute Gasteiger partial charge is 0.269 e. The van der Waals surface area contributed by atoms with Gasteiger partial charge in [0.25, 0.3) is 11.6 Å². The number of nitro groups is 1. The summed E-state index contributed by atoms with van der Waals surface area (Å²) in [5, 5.41) is 11.4. The number of fused-ring (bicyclic) bond motifs is 1. The highest BCUT2D eigenvalue weighted by Crippen LogP contribution is 2.31. The van der Waals surface area contributed by atoms with Crippen molar-refractivity contribution < 1.29 is 14.5 Å². The van der Waals surface area contributed by atoms with Crippen LogP contribution in [-0.2, 0) is 4.79 Å². The maximum atomic E-state index is 13.0. The summed E-state index contributed by atoms with van der Waals surface area (Å²) in [6.07, 6.45) is 3.11. The van der Waals surface area contributed by atoms with Crippen LogP contribution in [0.15, 0.2) is 48.5 Å². The molecule has 0 radical (unpaired) electrons. The predicted octanol–water partition coefficient (Wildman–Crippen LogP) is 3.82. The van der Waals surface area contributed by atoms with Crippen molar-refractivity contribution in [1.82, 2.24) is 9.88 Å². The summed E-state index contributed by atoms with van der Waals surface area (Å²) in [5.41, 5.74) is 1.52. The summed E-state index contributed by atoms with van der Waals surface area (Å²) in [6, 6.07) is 11.6. The Morgan fingerprint density at radius 3 is 2.57 bits per heavy atom. The lowest BCUT2D eigenvalue weighted by Crippen LogP contribution is -2.35. The lowest BCUT2D eigenvalue weighted by atomic mass is 10.2. The van der Waals surface area contributed by atoms with Gasteiger partial charge < -0.3 is 9.64 Å². The first-order valence-electron chi connectivity index (χ1n) is 9.20. The Morgan fingerprint density at radius 2 is 1.93 bits per heavy atom. The van der Waals surface area contributed by atoms with E-state index in [1.165, 1.54) is 29.5 Å². The minimum Gasteiger partial charge on any atom is -0.497 e. The number of hydrogen-bond donors (Lipinski definition) is 0.